The van der Waals surface area contributed by atoms with E-state index in [1.54, 1.807) is 50.6 Å². The van der Waals surface area contributed by atoms with E-state index < -0.39 is 4.94 Å². The lowest BCUT2D eigenvalue weighted by molar-refractivity contribution is 0.104. The Morgan fingerprint density at radius 1 is 1.00 bits per heavy atom. The van der Waals surface area contributed by atoms with E-state index in [-0.39, 0.29) is 5.78 Å². The van der Waals surface area contributed by atoms with Gasteiger partial charge in [0.05, 0.1) is 31.6 Å². The van der Waals surface area contributed by atoms with E-state index in [1.165, 1.54) is 13.2 Å². The average Bonchev–Trinajstić information content (AvgIpc) is 3.04. The summed E-state index contributed by atoms with van der Waals surface area (Å²) in [7, 11) is 4.57. The minimum Gasteiger partial charge on any atom is -0.496 e. The molecule has 7 heteroatoms. The summed E-state index contributed by atoms with van der Waals surface area (Å²) in [6.45, 7) is 0. The Bertz CT molecular complexity index is 1040. The highest BCUT2D eigenvalue weighted by Gasteiger charge is 2.18. The van der Waals surface area contributed by atoms with Crippen LogP contribution < -0.4 is 19.1 Å². The van der Waals surface area contributed by atoms with Crippen molar-refractivity contribution in [2.45, 2.75) is 0 Å². The molecule has 0 saturated heterocycles. The van der Waals surface area contributed by atoms with Crippen LogP contribution in [0.2, 0.25) is 0 Å². The Hall–Kier alpha value is -3.06. The quantitative estimate of drug-likeness (QED) is 0.484. The SMILES string of the molecule is COc1ccc(/C=C/C(=O)c2c(OC)ccc3oc(=O)sc23)cc1OC. The number of ketones is 1. The molecular formula is C19H16O6S. The summed E-state index contributed by atoms with van der Waals surface area (Å²) >= 11 is 0.876. The van der Waals surface area contributed by atoms with E-state index in [9.17, 15) is 9.59 Å². The Labute approximate surface area is 153 Å². The number of fused-ring (bicyclic) bond motifs is 1. The van der Waals surface area contributed by atoms with Crippen LogP contribution in [0, 0.1) is 0 Å². The van der Waals surface area contributed by atoms with Crippen LogP contribution in [0.3, 0.4) is 0 Å². The second kappa shape index (κ2) is 7.45. The number of benzene rings is 2. The van der Waals surface area contributed by atoms with Crippen molar-refractivity contribution in [3.05, 3.63) is 57.3 Å². The van der Waals surface area contributed by atoms with Gasteiger partial charge in [-0.3, -0.25) is 4.79 Å². The molecule has 0 aliphatic heterocycles. The molecule has 6 nitrogen and oxygen atoms in total. The van der Waals surface area contributed by atoms with Crippen molar-refractivity contribution in [2.24, 2.45) is 0 Å². The third-order valence-corrected chi connectivity index (χ3v) is 4.62. The van der Waals surface area contributed by atoms with Gasteiger partial charge in [0, 0.05) is 0 Å². The zero-order valence-electron chi connectivity index (χ0n) is 14.4. The normalized spacial score (nSPS) is 11.0. The third-order valence-electron chi connectivity index (χ3n) is 3.76. The lowest BCUT2D eigenvalue weighted by atomic mass is 10.1. The zero-order chi connectivity index (χ0) is 18.7. The molecule has 26 heavy (non-hydrogen) atoms. The van der Waals surface area contributed by atoms with Gasteiger partial charge in [-0.2, -0.15) is 0 Å². The molecule has 0 radical (unpaired) electrons. The van der Waals surface area contributed by atoms with Gasteiger partial charge >= 0.3 is 4.94 Å². The zero-order valence-corrected chi connectivity index (χ0v) is 15.2. The maximum absolute atomic E-state index is 12.7. The Morgan fingerprint density at radius 3 is 2.38 bits per heavy atom. The van der Waals surface area contributed by atoms with Gasteiger partial charge in [-0.25, -0.2) is 4.79 Å². The summed E-state index contributed by atoms with van der Waals surface area (Å²) in [4.78, 5) is 23.8. The van der Waals surface area contributed by atoms with E-state index in [0.29, 0.717) is 33.1 Å². The second-order valence-electron chi connectivity index (χ2n) is 5.24. The summed E-state index contributed by atoms with van der Waals surface area (Å²) in [5.41, 5.74) is 1.43. The minimum absolute atomic E-state index is 0.292. The smallest absolute Gasteiger partial charge is 0.396 e. The van der Waals surface area contributed by atoms with E-state index in [2.05, 4.69) is 0 Å². The van der Waals surface area contributed by atoms with Gasteiger partial charge in [-0.1, -0.05) is 23.5 Å². The molecule has 0 amide bonds. The van der Waals surface area contributed by atoms with Crippen molar-refractivity contribution in [2.75, 3.05) is 21.3 Å². The molecule has 0 atom stereocenters. The van der Waals surface area contributed by atoms with Crippen LogP contribution in [0.15, 0.2) is 45.6 Å². The highest BCUT2D eigenvalue weighted by atomic mass is 32.1. The summed E-state index contributed by atoms with van der Waals surface area (Å²) < 4.78 is 21.3. The summed E-state index contributed by atoms with van der Waals surface area (Å²) in [6, 6.07) is 8.54. The molecule has 0 bridgehead atoms. The average molecular weight is 372 g/mol. The number of ether oxygens (including phenoxy) is 3. The fourth-order valence-electron chi connectivity index (χ4n) is 2.54. The fraction of sp³-hybridized carbons (Fsp3) is 0.158. The predicted octanol–water partition coefficient (Wildman–Crippen LogP) is 3.78. The lowest BCUT2D eigenvalue weighted by Gasteiger charge is -2.08. The van der Waals surface area contributed by atoms with Crippen LogP contribution >= 0.6 is 11.3 Å². The molecule has 0 unspecified atom stereocenters. The van der Waals surface area contributed by atoms with Crippen LogP contribution in [0.4, 0.5) is 0 Å². The number of carbonyl (C=O) groups excluding carboxylic acids is 1. The van der Waals surface area contributed by atoms with Crippen molar-refractivity contribution in [3.63, 3.8) is 0 Å². The van der Waals surface area contributed by atoms with Crippen molar-refractivity contribution < 1.29 is 23.4 Å². The first-order valence-electron chi connectivity index (χ1n) is 7.62. The summed E-state index contributed by atoms with van der Waals surface area (Å²) in [5, 5.41) is 0. The molecule has 3 rings (SSSR count). The first-order valence-corrected chi connectivity index (χ1v) is 8.44. The lowest BCUT2D eigenvalue weighted by Crippen LogP contribution is -1.99. The second-order valence-corrected chi connectivity index (χ2v) is 6.18. The molecule has 2 aromatic carbocycles. The van der Waals surface area contributed by atoms with Gasteiger partial charge in [0.1, 0.15) is 5.75 Å². The molecule has 134 valence electrons. The van der Waals surface area contributed by atoms with Crippen LogP contribution in [0.1, 0.15) is 15.9 Å². The van der Waals surface area contributed by atoms with Gasteiger partial charge in [-0.15, -0.1) is 0 Å². The van der Waals surface area contributed by atoms with Crippen LogP contribution in [0.5, 0.6) is 17.2 Å². The molecule has 0 fully saturated rings. The minimum atomic E-state index is -0.467. The Kier molecular flexibility index (Phi) is 5.09. The highest BCUT2D eigenvalue weighted by molar-refractivity contribution is 7.16. The molecular weight excluding hydrogens is 356 g/mol. The van der Waals surface area contributed by atoms with E-state index in [4.69, 9.17) is 18.6 Å². The van der Waals surface area contributed by atoms with Crippen molar-refractivity contribution in [1.29, 1.82) is 0 Å². The highest BCUT2D eigenvalue weighted by Crippen LogP contribution is 2.31. The van der Waals surface area contributed by atoms with Crippen molar-refractivity contribution >= 4 is 33.5 Å². The monoisotopic (exact) mass is 372 g/mol. The van der Waals surface area contributed by atoms with E-state index in [1.807, 2.05) is 0 Å². The Balaban J connectivity index is 1.99. The summed E-state index contributed by atoms with van der Waals surface area (Å²) in [6.07, 6.45) is 3.08. The van der Waals surface area contributed by atoms with E-state index >= 15 is 0 Å². The van der Waals surface area contributed by atoms with Gasteiger partial charge in [0.15, 0.2) is 22.9 Å². The van der Waals surface area contributed by atoms with Crippen molar-refractivity contribution in [1.82, 2.24) is 0 Å². The number of rotatable bonds is 6. The maximum Gasteiger partial charge on any atom is 0.396 e. The number of carbonyl (C=O) groups is 1. The predicted molar refractivity (Wildman–Crippen MR) is 99.8 cm³/mol. The van der Waals surface area contributed by atoms with Crippen LogP contribution in [-0.2, 0) is 0 Å². The molecule has 0 aliphatic rings. The molecule has 0 spiro atoms. The topological polar surface area (TPSA) is 75.0 Å². The molecule has 1 heterocycles. The number of methoxy groups -OCH3 is 3. The maximum atomic E-state index is 12.7. The molecule has 3 aromatic rings. The van der Waals surface area contributed by atoms with Gasteiger partial charge < -0.3 is 18.6 Å². The first-order chi connectivity index (χ1) is 12.6. The third kappa shape index (κ3) is 3.34. The van der Waals surface area contributed by atoms with Crippen LogP contribution in [-0.4, -0.2) is 27.1 Å². The van der Waals surface area contributed by atoms with Gasteiger partial charge in [0.25, 0.3) is 0 Å². The molecule has 0 aliphatic carbocycles. The largest absolute Gasteiger partial charge is 0.496 e. The van der Waals surface area contributed by atoms with Gasteiger partial charge in [0.2, 0.25) is 0 Å². The fourth-order valence-corrected chi connectivity index (χ4v) is 3.35. The van der Waals surface area contributed by atoms with E-state index in [0.717, 1.165) is 16.9 Å². The standard InChI is InChI=1S/C19H16O6S/c1-22-13-7-5-11(10-16(13)24-3)4-6-12(20)17-14(23-2)8-9-15-18(17)26-19(21)25-15/h4-10H,1-3H3/b6-4+. The van der Waals surface area contributed by atoms with Gasteiger partial charge in [-0.05, 0) is 35.9 Å². The number of hydrogen-bond donors (Lipinski definition) is 0. The molecule has 0 saturated carbocycles. The Morgan fingerprint density at radius 2 is 1.69 bits per heavy atom. The molecule has 0 N–H and O–H groups in total. The van der Waals surface area contributed by atoms with Crippen molar-refractivity contribution in [3.8, 4) is 17.2 Å². The number of hydrogen-bond acceptors (Lipinski definition) is 7. The first kappa shape index (κ1) is 17.8. The number of allylic oxidation sites excluding steroid dienone is 1. The molecule has 1 aromatic heterocycles. The summed E-state index contributed by atoms with van der Waals surface area (Å²) in [5.74, 6) is 1.26. The van der Waals surface area contributed by atoms with Crippen LogP contribution in [0.25, 0.3) is 16.4 Å².